The number of allylic oxidation sites excluding steroid dienone is 2. The van der Waals surface area contributed by atoms with Crippen molar-refractivity contribution >= 4 is 5.97 Å². The SMILES string of the molecule is COC(=O)CCCC=CCC1CC2CC(C1N)C2(C)C. The van der Waals surface area contributed by atoms with Crippen molar-refractivity contribution in [1.82, 2.24) is 0 Å². The third-order valence-electron chi connectivity index (χ3n) is 5.73. The fraction of sp³-hybridized carbons (Fsp3) is 0.824. The number of esters is 1. The molecular formula is C17H29NO2. The van der Waals surface area contributed by atoms with Crippen LogP contribution in [0.5, 0.6) is 0 Å². The topological polar surface area (TPSA) is 52.3 Å². The largest absolute Gasteiger partial charge is 0.469 e. The fourth-order valence-electron chi connectivity index (χ4n) is 4.07. The molecule has 2 bridgehead atoms. The zero-order valence-electron chi connectivity index (χ0n) is 13.1. The van der Waals surface area contributed by atoms with Gasteiger partial charge in [-0.2, -0.15) is 0 Å². The molecule has 0 aliphatic heterocycles. The van der Waals surface area contributed by atoms with Gasteiger partial charge in [0.25, 0.3) is 0 Å². The Kier molecular flexibility index (Phi) is 4.90. The summed E-state index contributed by atoms with van der Waals surface area (Å²) in [5, 5.41) is 0. The highest BCUT2D eigenvalue weighted by molar-refractivity contribution is 5.69. The van der Waals surface area contributed by atoms with Crippen LogP contribution in [0, 0.1) is 23.2 Å². The molecule has 0 radical (unpaired) electrons. The molecule has 2 N–H and O–H groups in total. The fourth-order valence-corrected chi connectivity index (χ4v) is 4.07. The molecule has 114 valence electrons. The molecule has 0 aromatic rings. The molecule has 3 aliphatic carbocycles. The lowest BCUT2D eigenvalue weighted by atomic mass is 9.45. The summed E-state index contributed by atoms with van der Waals surface area (Å²) in [7, 11) is 1.44. The highest BCUT2D eigenvalue weighted by Gasteiger charge is 2.56. The van der Waals surface area contributed by atoms with Crippen molar-refractivity contribution < 1.29 is 9.53 Å². The van der Waals surface area contributed by atoms with Crippen molar-refractivity contribution in [3.05, 3.63) is 12.2 Å². The number of carbonyl (C=O) groups excluding carboxylic acids is 1. The molecule has 0 spiro atoms. The Bertz CT molecular complexity index is 375. The van der Waals surface area contributed by atoms with Gasteiger partial charge in [-0.3, -0.25) is 4.79 Å². The van der Waals surface area contributed by atoms with E-state index in [9.17, 15) is 4.79 Å². The highest BCUT2D eigenvalue weighted by Crippen LogP contribution is 2.60. The van der Waals surface area contributed by atoms with E-state index in [0.717, 1.165) is 31.1 Å². The highest BCUT2D eigenvalue weighted by atomic mass is 16.5. The summed E-state index contributed by atoms with van der Waals surface area (Å²) in [5.41, 5.74) is 6.91. The second kappa shape index (κ2) is 6.30. The van der Waals surface area contributed by atoms with E-state index < -0.39 is 0 Å². The first-order valence-electron chi connectivity index (χ1n) is 7.94. The lowest BCUT2D eigenvalue weighted by molar-refractivity contribution is -0.140. The zero-order valence-corrected chi connectivity index (χ0v) is 13.1. The number of hydrogen-bond acceptors (Lipinski definition) is 3. The minimum Gasteiger partial charge on any atom is -0.469 e. The first-order chi connectivity index (χ1) is 9.46. The average Bonchev–Trinajstić information content (AvgIpc) is 2.43. The van der Waals surface area contributed by atoms with Gasteiger partial charge >= 0.3 is 5.97 Å². The van der Waals surface area contributed by atoms with Crippen molar-refractivity contribution in [2.24, 2.45) is 28.9 Å². The number of nitrogens with two attached hydrogens (primary N) is 1. The predicted octanol–water partition coefficient (Wildman–Crippen LogP) is 3.29. The van der Waals surface area contributed by atoms with Gasteiger partial charge in [0.1, 0.15) is 0 Å². The molecule has 3 aliphatic rings. The molecule has 0 aromatic heterocycles. The zero-order chi connectivity index (χ0) is 14.8. The van der Waals surface area contributed by atoms with E-state index in [1.807, 2.05) is 0 Å². The van der Waals surface area contributed by atoms with Gasteiger partial charge in [0.2, 0.25) is 0 Å². The molecule has 3 saturated carbocycles. The monoisotopic (exact) mass is 279 g/mol. The van der Waals surface area contributed by atoms with Crippen LogP contribution in [0.25, 0.3) is 0 Å². The Labute approximate surface area is 122 Å². The molecule has 3 fully saturated rings. The van der Waals surface area contributed by atoms with Crippen molar-refractivity contribution in [3.63, 3.8) is 0 Å². The molecule has 0 aromatic carbocycles. The van der Waals surface area contributed by atoms with Gasteiger partial charge in [0.15, 0.2) is 0 Å². The Hall–Kier alpha value is -0.830. The molecule has 0 amide bonds. The van der Waals surface area contributed by atoms with Gasteiger partial charge < -0.3 is 10.5 Å². The van der Waals surface area contributed by atoms with Crippen molar-refractivity contribution in [3.8, 4) is 0 Å². The van der Waals surface area contributed by atoms with Crippen LogP contribution in [0.4, 0.5) is 0 Å². The number of methoxy groups -OCH3 is 1. The number of carbonyl (C=O) groups is 1. The number of unbranched alkanes of at least 4 members (excludes halogenated alkanes) is 1. The van der Waals surface area contributed by atoms with Crippen LogP contribution in [0.2, 0.25) is 0 Å². The number of ether oxygens (including phenoxy) is 1. The van der Waals surface area contributed by atoms with Crippen molar-refractivity contribution in [2.45, 2.75) is 58.4 Å². The summed E-state index contributed by atoms with van der Waals surface area (Å²) in [6.45, 7) is 4.76. The summed E-state index contributed by atoms with van der Waals surface area (Å²) < 4.78 is 4.62. The Morgan fingerprint density at radius 2 is 2.10 bits per heavy atom. The van der Waals surface area contributed by atoms with Gasteiger partial charge in [-0.15, -0.1) is 0 Å². The smallest absolute Gasteiger partial charge is 0.305 e. The number of fused-ring (bicyclic) bond motifs is 2. The minimum absolute atomic E-state index is 0.116. The molecule has 20 heavy (non-hydrogen) atoms. The molecular weight excluding hydrogens is 250 g/mol. The van der Waals surface area contributed by atoms with Crippen LogP contribution in [0.15, 0.2) is 12.2 Å². The van der Waals surface area contributed by atoms with Gasteiger partial charge in [-0.05, 0) is 55.3 Å². The molecule has 4 atom stereocenters. The lowest BCUT2D eigenvalue weighted by Gasteiger charge is -2.61. The average molecular weight is 279 g/mol. The van der Waals surface area contributed by atoms with Crippen LogP contribution >= 0.6 is 0 Å². The Morgan fingerprint density at radius 3 is 2.70 bits per heavy atom. The summed E-state index contributed by atoms with van der Waals surface area (Å²) in [4.78, 5) is 11.0. The Morgan fingerprint density at radius 1 is 1.35 bits per heavy atom. The molecule has 3 heteroatoms. The van der Waals surface area contributed by atoms with Crippen molar-refractivity contribution in [1.29, 1.82) is 0 Å². The third kappa shape index (κ3) is 3.08. The van der Waals surface area contributed by atoms with E-state index in [1.54, 1.807) is 0 Å². The number of hydrogen-bond donors (Lipinski definition) is 1. The third-order valence-corrected chi connectivity index (χ3v) is 5.73. The summed E-state index contributed by atoms with van der Waals surface area (Å²) in [5.74, 6) is 2.14. The van der Waals surface area contributed by atoms with Gasteiger partial charge in [-0.1, -0.05) is 26.0 Å². The second-order valence-electron chi connectivity index (χ2n) is 7.11. The van der Waals surface area contributed by atoms with Crippen LogP contribution in [0.1, 0.15) is 52.4 Å². The first-order valence-corrected chi connectivity index (χ1v) is 7.94. The van der Waals surface area contributed by atoms with E-state index in [4.69, 9.17) is 5.73 Å². The van der Waals surface area contributed by atoms with E-state index in [0.29, 0.717) is 23.8 Å². The molecule has 3 nitrogen and oxygen atoms in total. The maximum Gasteiger partial charge on any atom is 0.305 e. The summed E-state index contributed by atoms with van der Waals surface area (Å²) >= 11 is 0. The van der Waals surface area contributed by atoms with Crippen molar-refractivity contribution in [2.75, 3.05) is 7.11 Å². The minimum atomic E-state index is -0.116. The first kappa shape index (κ1) is 15.6. The van der Waals surface area contributed by atoms with Gasteiger partial charge in [0, 0.05) is 12.5 Å². The summed E-state index contributed by atoms with van der Waals surface area (Å²) in [6, 6.07) is 0.370. The number of rotatable bonds is 6. The summed E-state index contributed by atoms with van der Waals surface area (Å²) in [6.07, 6.45) is 10.5. The maximum atomic E-state index is 11.0. The van der Waals surface area contributed by atoms with E-state index in [2.05, 4.69) is 30.7 Å². The quantitative estimate of drug-likeness (QED) is 0.461. The normalized spacial score (nSPS) is 34.8. The standard InChI is InChI=1S/C17H29NO2/c1-17(2)13-10-12(16(18)14(17)11-13)8-6-4-5-7-9-15(19)20-3/h4,6,12-14,16H,5,7-11,18H2,1-3H3. The maximum absolute atomic E-state index is 11.0. The second-order valence-corrected chi connectivity index (χ2v) is 7.11. The Balaban J connectivity index is 1.67. The van der Waals surface area contributed by atoms with Crippen LogP contribution in [0.3, 0.4) is 0 Å². The van der Waals surface area contributed by atoms with Gasteiger partial charge in [0.05, 0.1) is 7.11 Å². The van der Waals surface area contributed by atoms with Crippen LogP contribution in [-0.4, -0.2) is 19.1 Å². The van der Waals surface area contributed by atoms with E-state index in [-0.39, 0.29) is 5.97 Å². The van der Waals surface area contributed by atoms with E-state index >= 15 is 0 Å². The van der Waals surface area contributed by atoms with Gasteiger partial charge in [-0.25, -0.2) is 0 Å². The molecule has 0 heterocycles. The molecule has 4 unspecified atom stereocenters. The molecule has 3 rings (SSSR count). The van der Waals surface area contributed by atoms with Crippen LogP contribution < -0.4 is 5.73 Å². The molecule has 0 saturated heterocycles. The predicted molar refractivity (Wildman–Crippen MR) is 81.1 cm³/mol. The van der Waals surface area contributed by atoms with Crippen LogP contribution in [-0.2, 0) is 9.53 Å². The van der Waals surface area contributed by atoms with E-state index in [1.165, 1.54) is 20.0 Å². The lowest BCUT2D eigenvalue weighted by Crippen LogP contribution is -2.61.